The number of rotatable bonds is 3. The number of aromatic nitrogens is 1. The van der Waals surface area contributed by atoms with Gasteiger partial charge in [-0.1, -0.05) is 24.3 Å². The largest absolute Gasteiger partial charge is 0.349 e. The van der Waals surface area contributed by atoms with Gasteiger partial charge in [-0.3, -0.25) is 4.79 Å². The Labute approximate surface area is 178 Å². The number of amides is 1. The van der Waals surface area contributed by atoms with E-state index in [4.69, 9.17) is 4.98 Å². The van der Waals surface area contributed by atoms with Gasteiger partial charge in [-0.2, -0.15) is 8.42 Å². The summed E-state index contributed by atoms with van der Waals surface area (Å²) in [5.41, 5.74) is 1.49. The molecule has 3 aromatic rings. The van der Waals surface area contributed by atoms with E-state index in [0.29, 0.717) is 17.9 Å². The van der Waals surface area contributed by atoms with Crippen molar-refractivity contribution in [2.45, 2.75) is 23.8 Å². The Balaban J connectivity index is 1.37. The molecule has 3 heterocycles. The zero-order valence-electron chi connectivity index (χ0n) is 16.4. The first kappa shape index (κ1) is 19.2. The molecule has 0 bridgehead atoms. The second-order valence-electron chi connectivity index (χ2n) is 7.51. The molecule has 154 valence electrons. The summed E-state index contributed by atoms with van der Waals surface area (Å²) in [6.07, 6.45) is 1.81. The Morgan fingerprint density at radius 2 is 1.97 bits per heavy atom. The van der Waals surface area contributed by atoms with Crippen molar-refractivity contribution in [2.75, 3.05) is 20.1 Å². The third-order valence-corrected chi connectivity index (χ3v) is 7.98. The van der Waals surface area contributed by atoms with E-state index in [0.717, 1.165) is 28.1 Å². The van der Waals surface area contributed by atoms with Crippen LogP contribution in [0.25, 0.3) is 10.2 Å². The lowest BCUT2D eigenvalue weighted by Gasteiger charge is -2.26. The summed E-state index contributed by atoms with van der Waals surface area (Å²) in [6, 6.07) is 14.7. The number of likely N-dealkylation sites (tertiary alicyclic amines) is 1. The molecule has 7 nitrogen and oxygen atoms in total. The highest BCUT2D eigenvalue weighted by atomic mass is 32.2. The molecular weight excluding hydrogens is 420 g/mol. The minimum atomic E-state index is -3.71. The predicted octanol–water partition coefficient (Wildman–Crippen LogP) is 3.04. The van der Waals surface area contributed by atoms with Crippen molar-refractivity contribution < 1.29 is 13.2 Å². The number of carbonyl (C=O) groups excluding carboxylic acids is 1. The molecule has 2 aliphatic rings. The average molecular weight is 441 g/mol. The summed E-state index contributed by atoms with van der Waals surface area (Å²) < 4.78 is 29.7. The van der Waals surface area contributed by atoms with Gasteiger partial charge < -0.3 is 9.80 Å². The summed E-state index contributed by atoms with van der Waals surface area (Å²) in [5, 5.41) is 0.954. The third-order valence-electron chi connectivity index (χ3n) is 5.52. The molecule has 0 unspecified atom stereocenters. The number of sulfonamides is 1. The monoisotopic (exact) mass is 440 g/mol. The standard InChI is InChI=1S/C21H20N4O3S2/c1-24(20-14-7-2-5-11-18(14)30(27,28)23-20)13-19(26)25-12-6-9-16(25)21-22-15-8-3-4-10-17(15)29-21/h2-5,7-8,10-11,16H,6,9,12-13H2,1H3/t16-/m1/s1. The number of likely N-dealkylation sites (N-methyl/N-ethyl adjacent to an activating group) is 1. The quantitative estimate of drug-likeness (QED) is 0.625. The van der Waals surface area contributed by atoms with E-state index in [9.17, 15) is 13.2 Å². The first-order chi connectivity index (χ1) is 14.4. The smallest absolute Gasteiger partial charge is 0.285 e. The van der Waals surface area contributed by atoms with Crippen LogP contribution in [-0.4, -0.2) is 55.1 Å². The molecule has 1 atom stereocenters. The van der Waals surface area contributed by atoms with Gasteiger partial charge in [0.15, 0.2) is 5.84 Å². The van der Waals surface area contributed by atoms with E-state index in [1.165, 1.54) is 0 Å². The highest BCUT2D eigenvalue weighted by molar-refractivity contribution is 7.90. The zero-order valence-corrected chi connectivity index (χ0v) is 18.0. The molecule has 0 radical (unpaired) electrons. The molecule has 1 saturated heterocycles. The van der Waals surface area contributed by atoms with Crippen LogP contribution in [0.3, 0.4) is 0 Å². The topological polar surface area (TPSA) is 82.9 Å². The molecule has 0 saturated carbocycles. The number of hydrogen-bond donors (Lipinski definition) is 0. The fraction of sp³-hybridized carbons (Fsp3) is 0.286. The summed E-state index contributed by atoms with van der Waals surface area (Å²) in [7, 11) is -2.00. The van der Waals surface area contributed by atoms with Crippen molar-refractivity contribution in [2.24, 2.45) is 4.40 Å². The van der Waals surface area contributed by atoms with E-state index in [1.807, 2.05) is 29.2 Å². The van der Waals surface area contributed by atoms with E-state index in [1.54, 1.807) is 47.5 Å². The number of amidine groups is 1. The van der Waals surface area contributed by atoms with E-state index in [2.05, 4.69) is 4.40 Å². The number of hydrogen-bond acceptors (Lipinski definition) is 6. The number of para-hydroxylation sites is 1. The third kappa shape index (κ3) is 3.18. The van der Waals surface area contributed by atoms with E-state index < -0.39 is 10.0 Å². The number of carbonyl (C=O) groups is 1. The van der Waals surface area contributed by atoms with Gasteiger partial charge in [0, 0.05) is 19.2 Å². The van der Waals surface area contributed by atoms with Gasteiger partial charge in [-0.15, -0.1) is 15.7 Å². The fourth-order valence-corrected chi connectivity index (χ4v) is 6.45. The molecule has 0 spiro atoms. The van der Waals surface area contributed by atoms with Crippen LogP contribution in [0.2, 0.25) is 0 Å². The first-order valence-corrected chi connectivity index (χ1v) is 12.0. The van der Waals surface area contributed by atoms with Crippen LogP contribution in [0.4, 0.5) is 0 Å². The minimum Gasteiger partial charge on any atom is -0.349 e. The molecule has 0 N–H and O–H groups in total. The number of fused-ring (bicyclic) bond motifs is 2. The summed E-state index contributed by atoms with van der Waals surface area (Å²) >= 11 is 1.63. The van der Waals surface area contributed by atoms with Crippen LogP contribution < -0.4 is 0 Å². The van der Waals surface area contributed by atoms with Crippen LogP contribution in [0.1, 0.15) is 29.5 Å². The summed E-state index contributed by atoms with van der Waals surface area (Å²) in [6.45, 7) is 0.735. The van der Waals surface area contributed by atoms with Crippen molar-refractivity contribution in [1.29, 1.82) is 0 Å². The lowest BCUT2D eigenvalue weighted by atomic mass is 10.2. The van der Waals surface area contributed by atoms with E-state index >= 15 is 0 Å². The lowest BCUT2D eigenvalue weighted by molar-refractivity contribution is -0.132. The Morgan fingerprint density at radius 1 is 1.20 bits per heavy atom. The van der Waals surface area contributed by atoms with Crippen molar-refractivity contribution in [3.05, 3.63) is 59.1 Å². The predicted molar refractivity (Wildman–Crippen MR) is 116 cm³/mol. The van der Waals surface area contributed by atoms with Gasteiger partial charge in [0.2, 0.25) is 5.91 Å². The highest BCUT2D eigenvalue weighted by Gasteiger charge is 2.35. The Hall–Kier alpha value is -2.78. The molecular formula is C21H20N4O3S2. The molecule has 0 aliphatic carbocycles. The number of benzene rings is 2. The van der Waals surface area contributed by atoms with Gasteiger partial charge in [-0.25, -0.2) is 4.98 Å². The van der Waals surface area contributed by atoms with Crippen LogP contribution >= 0.6 is 11.3 Å². The molecule has 1 fully saturated rings. The van der Waals surface area contributed by atoms with E-state index in [-0.39, 0.29) is 23.4 Å². The SMILES string of the molecule is CN(CC(=O)N1CCC[C@@H]1c1nc2ccccc2s1)C1=NS(=O)(=O)c2ccccc21. The van der Waals surface area contributed by atoms with Crippen molar-refractivity contribution in [3.63, 3.8) is 0 Å². The first-order valence-electron chi connectivity index (χ1n) is 9.74. The van der Waals surface area contributed by atoms with Gasteiger partial charge in [-0.05, 0) is 37.1 Å². The number of nitrogens with zero attached hydrogens (tertiary/aromatic N) is 4. The second-order valence-corrected chi connectivity index (χ2v) is 10.1. The van der Waals surface area contributed by atoms with Crippen LogP contribution in [0, 0.1) is 0 Å². The van der Waals surface area contributed by atoms with Crippen molar-refractivity contribution in [1.82, 2.24) is 14.8 Å². The van der Waals surface area contributed by atoms with Crippen LogP contribution in [-0.2, 0) is 14.8 Å². The zero-order chi connectivity index (χ0) is 20.9. The Kier molecular flexibility index (Phi) is 4.59. The Morgan fingerprint density at radius 3 is 2.80 bits per heavy atom. The second kappa shape index (κ2) is 7.17. The maximum Gasteiger partial charge on any atom is 0.285 e. The maximum atomic E-state index is 13.1. The highest BCUT2D eigenvalue weighted by Crippen LogP contribution is 2.36. The van der Waals surface area contributed by atoms with Gasteiger partial charge in [0.05, 0.1) is 22.8 Å². The Bertz CT molecular complexity index is 1250. The van der Waals surface area contributed by atoms with Crippen LogP contribution in [0.5, 0.6) is 0 Å². The van der Waals surface area contributed by atoms with Crippen LogP contribution in [0.15, 0.2) is 57.8 Å². The molecule has 9 heteroatoms. The molecule has 30 heavy (non-hydrogen) atoms. The summed E-state index contributed by atoms with van der Waals surface area (Å²) in [5.74, 6) is 0.262. The normalized spacial score (nSPS) is 19.7. The van der Waals surface area contributed by atoms with Gasteiger partial charge >= 0.3 is 0 Å². The fourth-order valence-electron chi connectivity index (χ4n) is 4.09. The minimum absolute atomic E-state index is 0.0372. The molecule has 2 aromatic carbocycles. The lowest BCUT2D eigenvalue weighted by Crippen LogP contribution is -2.40. The molecule has 5 rings (SSSR count). The average Bonchev–Trinajstić information content (AvgIpc) is 3.43. The maximum absolute atomic E-state index is 13.1. The molecule has 1 amide bonds. The molecule has 1 aromatic heterocycles. The van der Waals surface area contributed by atoms with Crippen molar-refractivity contribution in [3.8, 4) is 0 Å². The number of thiazole rings is 1. The van der Waals surface area contributed by atoms with Gasteiger partial charge in [0.1, 0.15) is 9.90 Å². The molecule has 2 aliphatic heterocycles. The van der Waals surface area contributed by atoms with Gasteiger partial charge in [0.25, 0.3) is 10.0 Å². The summed E-state index contributed by atoms with van der Waals surface area (Å²) in [4.78, 5) is 21.6. The van der Waals surface area contributed by atoms with Crippen molar-refractivity contribution >= 4 is 43.3 Å².